The number of hydrogen-bond acceptors (Lipinski definition) is 6. The molecule has 3 N–H and O–H groups in total. The van der Waals surface area contributed by atoms with E-state index in [4.69, 9.17) is 10.7 Å². The lowest BCUT2D eigenvalue weighted by atomic mass is 9.98. The smallest absolute Gasteiger partial charge is 0.180 e. The molecule has 0 unspecified atom stereocenters. The molecule has 0 atom stereocenters. The molecule has 0 bridgehead atoms. The van der Waals surface area contributed by atoms with Gasteiger partial charge in [0.1, 0.15) is 11.3 Å². The van der Waals surface area contributed by atoms with Crippen LogP contribution < -0.4 is 5.73 Å². The van der Waals surface area contributed by atoms with E-state index < -0.39 is 0 Å². The normalized spacial score (nSPS) is 13.7. The molecule has 8 heteroatoms. The molecule has 0 spiro atoms. The van der Waals surface area contributed by atoms with Crippen molar-refractivity contribution < 1.29 is 0 Å². The first-order valence-electron chi connectivity index (χ1n) is 10.7. The lowest BCUT2D eigenvalue weighted by Crippen LogP contribution is -2.05. The fourth-order valence-corrected chi connectivity index (χ4v) is 4.20. The van der Waals surface area contributed by atoms with Crippen LogP contribution in [0.3, 0.4) is 0 Å². The van der Waals surface area contributed by atoms with Gasteiger partial charge in [-0.15, -0.1) is 5.10 Å². The van der Waals surface area contributed by atoms with Gasteiger partial charge >= 0.3 is 0 Å². The van der Waals surface area contributed by atoms with Crippen LogP contribution in [0.4, 0.5) is 5.69 Å². The predicted octanol–water partition coefficient (Wildman–Crippen LogP) is 4.09. The molecule has 0 amide bonds. The number of anilines is 1. The second-order valence-electron chi connectivity index (χ2n) is 8.33. The quantitative estimate of drug-likeness (QED) is 0.441. The first kappa shape index (κ1) is 18.7. The average Bonchev–Trinajstić information content (AvgIpc) is 3.38. The van der Waals surface area contributed by atoms with Crippen LogP contribution in [-0.2, 0) is 6.54 Å². The number of nitrogens with zero attached hydrogens (tertiary/aromatic N) is 6. The minimum absolute atomic E-state index is 0.520. The van der Waals surface area contributed by atoms with E-state index in [1.165, 1.54) is 18.4 Å². The topological polar surface area (TPSA) is 111 Å². The number of fused-ring (bicyclic) bond motifs is 1. The van der Waals surface area contributed by atoms with Crippen molar-refractivity contribution in [3.05, 3.63) is 71.7 Å². The Morgan fingerprint density at radius 2 is 1.84 bits per heavy atom. The van der Waals surface area contributed by atoms with E-state index in [2.05, 4.69) is 60.5 Å². The summed E-state index contributed by atoms with van der Waals surface area (Å²) in [5.41, 5.74) is 14.0. The third kappa shape index (κ3) is 3.11. The van der Waals surface area contributed by atoms with Gasteiger partial charge in [0, 0.05) is 17.0 Å². The lowest BCUT2D eigenvalue weighted by molar-refractivity contribution is 0.740. The number of aromatic nitrogens is 7. The predicted molar refractivity (Wildman–Crippen MR) is 123 cm³/mol. The van der Waals surface area contributed by atoms with E-state index in [1.807, 2.05) is 25.1 Å². The Labute approximate surface area is 184 Å². The number of tetrazole rings is 1. The molecule has 3 heterocycles. The van der Waals surface area contributed by atoms with Crippen LogP contribution in [0.5, 0.6) is 0 Å². The Balaban J connectivity index is 1.36. The van der Waals surface area contributed by atoms with E-state index in [0.717, 1.165) is 45.8 Å². The van der Waals surface area contributed by atoms with Gasteiger partial charge in [-0.25, -0.2) is 15.1 Å². The zero-order valence-electron chi connectivity index (χ0n) is 17.7. The third-order valence-corrected chi connectivity index (χ3v) is 6.16. The van der Waals surface area contributed by atoms with Crippen molar-refractivity contribution in [2.24, 2.45) is 0 Å². The van der Waals surface area contributed by atoms with Crippen molar-refractivity contribution in [3.8, 4) is 22.5 Å². The molecule has 1 fully saturated rings. The van der Waals surface area contributed by atoms with Crippen molar-refractivity contribution in [3.63, 3.8) is 0 Å². The van der Waals surface area contributed by atoms with Crippen LogP contribution >= 0.6 is 0 Å². The van der Waals surface area contributed by atoms with E-state index in [-0.39, 0.29) is 0 Å². The lowest BCUT2D eigenvalue weighted by Gasteiger charge is -2.11. The third-order valence-electron chi connectivity index (χ3n) is 6.16. The summed E-state index contributed by atoms with van der Waals surface area (Å²) in [7, 11) is 0. The molecule has 0 saturated heterocycles. The number of hydrogen-bond donors (Lipinski definition) is 2. The first-order chi connectivity index (χ1) is 15.7. The Kier molecular flexibility index (Phi) is 4.24. The van der Waals surface area contributed by atoms with Gasteiger partial charge in [-0.1, -0.05) is 48.5 Å². The van der Waals surface area contributed by atoms with Gasteiger partial charge < -0.3 is 10.3 Å². The van der Waals surface area contributed by atoms with Crippen LogP contribution in [0, 0.1) is 6.92 Å². The van der Waals surface area contributed by atoms with E-state index in [9.17, 15) is 0 Å². The number of nitrogens with two attached hydrogens (primary N) is 1. The minimum atomic E-state index is 0.520. The summed E-state index contributed by atoms with van der Waals surface area (Å²) in [6.07, 6.45) is 4.11. The molecule has 1 saturated carbocycles. The Bertz CT molecular complexity index is 1410. The highest BCUT2D eigenvalue weighted by Gasteiger charge is 2.30. The monoisotopic (exact) mass is 422 g/mol. The minimum Gasteiger partial charge on any atom is -0.397 e. The maximum Gasteiger partial charge on any atom is 0.180 e. The van der Waals surface area contributed by atoms with Gasteiger partial charge in [0.15, 0.2) is 11.5 Å². The molecule has 0 aliphatic heterocycles. The number of rotatable bonds is 5. The molecule has 2 aromatic carbocycles. The molecule has 5 aromatic rings. The number of aryl methyl sites for hydroxylation is 1. The van der Waals surface area contributed by atoms with Crippen LogP contribution in [0.25, 0.3) is 33.7 Å². The maximum absolute atomic E-state index is 6.08. The molecule has 32 heavy (non-hydrogen) atoms. The second kappa shape index (κ2) is 7.26. The molecular weight excluding hydrogens is 400 g/mol. The van der Waals surface area contributed by atoms with E-state index in [0.29, 0.717) is 17.4 Å². The number of nitrogen functional groups attached to an aromatic ring is 1. The summed E-state index contributed by atoms with van der Waals surface area (Å²) in [5, 5.41) is 14.3. The first-order valence-corrected chi connectivity index (χ1v) is 10.7. The van der Waals surface area contributed by atoms with Gasteiger partial charge in [0.05, 0.1) is 18.4 Å². The number of nitrogens with one attached hydrogen (secondary N) is 1. The highest BCUT2D eigenvalue weighted by Crippen LogP contribution is 2.41. The van der Waals surface area contributed by atoms with Crippen LogP contribution in [0.1, 0.15) is 35.7 Å². The summed E-state index contributed by atoms with van der Waals surface area (Å²) >= 11 is 0. The summed E-state index contributed by atoms with van der Waals surface area (Å²) in [6.45, 7) is 2.75. The molecule has 0 radical (unpaired) electrons. The van der Waals surface area contributed by atoms with Crippen molar-refractivity contribution in [2.75, 3.05) is 5.73 Å². The highest BCUT2D eigenvalue weighted by molar-refractivity contribution is 5.81. The standard InChI is InChI=1S/C24H22N8/c1-14-20(25)12-26-24-21(14)27-23(17-10-11-17)32(24)13-15-6-8-16(9-7-15)18-4-2-3-5-19(18)22-28-30-31-29-22/h2-9,12,17H,10-11,13,25H2,1H3,(H,28,29,30,31). The van der Waals surface area contributed by atoms with Gasteiger partial charge in [0.25, 0.3) is 0 Å². The number of aromatic amines is 1. The number of H-pyrrole nitrogens is 1. The molecule has 1 aliphatic rings. The van der Waals surface area contributed by atoms with Gasteiger partial charge in [-0.3, -0.25) is 0 Å². The molecule has 158 valence electrons. The van der Waals surface area contributed by atoms with Crippen molar-refractivity contribution in [1.29, 1.82) is 0 Å². The zero-order valence-corrected chi connectivity index (χ0v) is 17.7. The summed E-state index contributed by atoms with van der Waals surface area (Å²) in [5.74, 6) is 2.30. The fraction of sp³-hybridized carbons (Fsp3) is 0.208. The Morgan fingerprint density at radius 1 is 1.06 bits per heavy atom. The molecule has 1 aliphatic carbocycles. The SMILES string of the molecule is Cc1c(N)cnc2c1nc(C1CC1)n2Cc1ccc(-c2ccccc2-c2nnn[nH]2)cc1. The molecule has 8 nitrogen and oxygen atoms in total. The van der Waals surface area contributed by atoms with Crippen molar-refractivity contribution in [2.45, 2.75) is 32.2 Å². The van der Waals surface area contributed by atoms with Crippen LogP contribution in [0.2, 0.25) is 0 Å². The molecule has 6 rings (SSSR count). The van der Waals surface area contributed by atoms with E-state index >= 15 is 0 Å². The maximum atomic E-state index is 6.08. The fourth-order valence-electron chi connectivity index (χ4n) is 4.20. The number of benzene rings is 2. The Hall–Kier alpha value is -4.07. The average molecular weight is 422 g/mol. The molecular formula is C24H22N8. The highest BCUT2D eigenvalue weighted by atomic mass is 15.5. The second-order valence-corrected chi connectivity index (χ2v) is 8.33. The summed E-state index contributed by atoms with van der Waals surface area (Å²) in [4.78, 5) is 9.56. The largest absolute Gasteiger partial charge is 0.397 e. The van der Waals surface area contributed by atoms with Gasteiger partial charge in [-0.2, -0.15) is 0 Å². The summed E-state index contributed by atoms with van der Waals surface area (Å²) < 4.78 is 2.25. The molecule has 3 aromatic heterocycles. The van der Waals surface area contributed by atoms with E-state index in [1.54, 1.807) is 6.20 Å². The van der Waals surface area contributed by atoms with Crippen LogP contribution in [0.15, 0.2) is 54.7 Å². The Morgan fingerprint density at radius 3 is 2.56 bits per heavy atom. The van der Waals surface area contributed by atoms with Crippen molar-refractivity contribution >= 4 is 16.9 Å². The number of imidazole rings is 1. The van der Waals surface area contributed by atoms with Gasteiger partial charge in [0.2, 0.25) is 0 Å². The van der Waals surface area contributed by atoms with Crippen molar-refractivity contribution in [1.82, 2.24) is 35.2 Å². The van der Waals surface area contributed by atoms with Gasteiger partial charge in [-0.05, 0) is 46.9 Å². The summed E-state index contributed by atoms with van der Waals surface area (Å²) in [6, 6.07) is 16.7. The number of pyridine rings is 1. The van der Waals surface area contributed by atoms with Crippen LogP contribution in [-0.4, -0.2) is 35.2 Å². The zero-order chi connectivity index (χ0) is 21.7.